The first kappa shape index (κ1) is 26.9. The summed E-state index contributed by atoms with van der Waals surface area (Å²) in [6.07, 6.45) is 17.0. The van der Waals surface area contributed by atoms with E-state index in [4.69, 9.17) is 9.47 Å². The normalized spacial score (nSPS) is 12.2. The number of carbonyl (C=O) groups excluding carboxylic acids is 2. The standard InChI is InChI=1S/C24H46O4/c1-5-6-7-8-9-10-11-12-13-14-15-16-17-20-27-23(25)18-19-24(26)28-22(4)21(2)3/h21-22H,5-20H2,1-4H3. The van der Waals surface area contributed by atoms with Gasteiger partial charge < -0.3 is 9.47 Å². The number of carbonyl (C=O) groups is 2. The first-order chi connectivity index (χ1) is 13.5. The molecule has 4 heteroatoms. The van der Waals surface area contributed by atoms with Gasteiger partial charge in [-0.3, -0.25) is 9.59 Å². The topological polar surface area (TPSA) is 52.6 Å². The van der Waals surface area contributed by atoms with Crippen LogP contribution in [-0.2, 0) is 19.1 Å². The molecule has 0 aliphatic heterocycles. The first-order valence-electron chi connectivity index (χ1n) is 11.8. The minimum absolute atomic E-state index is 0.106. The zero-order valence-electron chi connectivity index (χ0n) is 19.1. The van der Waals surface area contributed by atoms with Crippen molar-refractivity contribution in [1.29, 1.82) is 0 Å². The summed E-state index contributed by atoms with van der Waals surface area (Å²) in [4.78, 5) is 23.3. The van der Waals surface area contributed by atoms with E-state index >= 15 is 0 Å². The summed E-state index contributed by atoms with van der Waals surface area (Å²) < 4.78 is 10.4. The van der Waals surface area contributed by atoms with E-state index in [9.17, 15) is 9.59 Å². The van der Waals surface area contributed by atoms with Crippen molar-refractivity contribution in [1.82, 2.24) is 0 Å². The minimum atomic E-state index is -0.320. The van der Waals surface area contributed by atoms with Gasteiger partial charge in [0.1, 0.15) is 6.10 Å². The molecular weight excluding hydrogens is 352 g/mol. The molecule has 0 N–H and O–H groups in total. The molecule has 166 valence electrons. The van der Waals surface area contributed by atoms with E-state index in [0.717, 1.165) is 12.8 Å². The van der Waals surface area contributed by atoms with Crippen LogP contribution in [-0.4, -0.2) is 24.6 Å². The Kier molecular flexibility index (Phi) is 18.5. The van der Waals surface area contributed by atoms with Crippen molar-refractivity contribution in [2.24, 2.45) is 5.92 Å². The Morgan fingerprint density at radius 2 is 1.07 bits per heavy atom. The van der Waals surface area contributed by atoms with Crippen molar-refractivity contribution in [3.63, 3.8) is 0 Å². The van der Waals surface area contributed by atoms with Crippen molar-refractivity contribution in [2.45, 2.75) is 130 Å². The molecule has 0 aliphatic carbocycles. The van der Waals surface area contributed by atoms with Gasteiger partial charge in [-0.1, -0.05) is 97.8 Å². The highest BCUT2D eigenvalue weighted by Crippen LogP contribution is 2.12. The van der Waals surface area contributed by atoms with E-state index in [2.05, 4.69) is 6.92 Å². The Morgan fingerprint density at radius 3 is 1.54 bits per heavy atom. The second kappa shape index (κ2) is 19.3. The van der Waals surface area contributed by atoms with Crippen LogP contribution >= 0.6 is 0 Å². The summed E-state index contributed by atoms with van der Waals surface area (Å²) in [6, 6.07) is 0. The molecule has 0 aromatic heterocycles. The second-order valence-electron chi connectivity index (χ2n) is 8.40. The molecule has 0 saturated carbocycles. The fourth-order valence-corrected chi connectivity index (χ4v) is 2.98. The zero-order valence-corrected chi connectivity index (χ0v) is 19.1. The van der Waals surface area contributed by atoms with Crippen LogP contribution in [0.25, 0.3) is 0 Å². The summed E-state index contributed by atoms with van der Waals surface area (Å²) in [5.74, 6) is -0.335. The van der Waals surface area contributed by atoms with Gasteiger partial charge in [0.05, 0.1) is 19.4 Å². The molecule has 28 heavy (non-hydrogen) atoms. The Hall–Kier alpha value is -1.06. The highest BCUT2D eigenvalue weighted by atomic mass is 16.5. The van der Waals surface area contributed by atoms with Gasteiger partial charge in [0.25, 0.3) is 0 Å². The predicted octanol–water partition coefficient (Wildman–Crippen LogP) is 6.99. The quantitative estimate of drug-likeness (QED) is 0.174. The summed E-state index contributed by atoms with van der Waals surface area (Å²) in [5, 5.41) is 0. The molecule has 0 aromatic rings. The van der Waals surface area contributed by atoms with Gasteiger partial charge in [0.15, 0.2) is 0 Å². The van der Waals surface area contributed by atoms with Crippen LogP contribution in [0.15, 0.2) is 0 Å². The molecule has 0 spiro atoms. The Morgan fingerprint density at radius 1 is 0.643 bits per heavy atom. The van der Waals surface area contributed by atoms with Crippen molar-refractivity contribution in [2.75, 3.05) is 6.61 Å². The number of rotatable bonds is 19. The van der Waals surface area contributed by atoms with Crippen LogP contribution in [0.4, 0.5) is 0 Å². The van der Waals surface area contributed by atoms with Gasteiger partial charge in [0.2, 0.25) is 0 Å². The SMILES string of the molecule is CCCCCCCCCCCCCCCOC(=O)CCC(=O)OC(C)C(C)C. The smallest absolute Gasteiger partial charge is 0.306 e. The summed E-state index contributed by atoms with van der Waals surface area (Å²) >= 11 is 0. The third kappa shape index (κ3) is 18.3. The van der Waals surface area contributed by atoms with Gasteiger partial charge in [0, 0.05) is 0 Å². The van der Waals surface area contributed by atoms with Crippen LogP contribution in [0.1, 0.15) is 124 Å². The van der Waals surface area contributed by atoms with E-state index in [-0.39, 0.29) is 36.8 Å². The summed E-state index contributed by atoms with van der Waals surface area (Å²) in [6.45, 7) is 8.60. The number of ether oxygens (including phenoxy) is 2. The highest BCUT2D eigenvalue weighted by Gasteiger charge is 2.14. The van der Waals surface area contributed by atoms with Crippen molar-refractivity contribution in [3.05, 3.63) is 0 Å². The number of unbranched alkanes of at least 4 members (excludes halogenated alkanes) is 12. The lowest BCUT2D eigenvalue weighted by Gasteiger charge is -2.16. The average Bonchev–Trinajstić information content (AvgIpc) is 2.66. The first-order valence-corrected chi connectivity index (χ1v) is 11.8. The van der Waals surface area contributed by atoms with E-state index in [1.165, 1.54) is 70.6 Å². The van der Waals surface area contributed by atoms with E-state index in [1.807, 2.05) is 20.8 Å². The summed E-state index contributed by atoms with van der Waals surface area (Å²) in [5.41, 5.74) is 0. The number of hydrogen-bond acceptors (Lipinski definition) is 4. The van der Waals surface area contributed by atoms with Crippen molar-refractivity contribution in [3.8, 4) is 0 Å². The third-order valence-corrected chi connectivity index (χ3v) is 5.30. The maximum atomic E-state index is 11.7. The zero-order chi connectivity index (χ0) is 21.0. The molecule has 1 atom stereocenters. The van der Waals surface area contributed by atoms with Crippen LogP contribution in [0.2, 0.25) is 0 Å². The van der Waals surface area contributed by atoms with E-state index < -0.39 is 0 Å². The van der Waals surface area contributed by atoms with Crippen LogP contribution in [0.3, 0.4) is 0 Å². The van der Waals surface area contributed by atoms with E-state index in [1.54, 1.807) is 0 Å². The van der Waals surface area contributed by atoms with Crippen LogP contribution in [0.5, 0.6) is 0 Å². The van der Waals surface area contributed by atoms with E-state index in [0.29, 0.717) is 6.61 Å². The van der Waals surface area contributed by atoms with Gasteiger partial charge in [-0.05, 0) is 19.3 Å². The van der Waals surface area contributed by atoms with Gasteiger partial charge in [-0.15, -0.1) is 0 Å². The molecule has 0 bridgehead atoms. The Labute approximate surface area is 174 Å². The lowest BCUT2D eigenvalue weighted by atomic mass is 10.0. The van der Waals surface area contributed by atoms with Crippen LogP contribution in [0, 0.1) is 5.92 Å². The average molecular weight is 399 g/mol. The maximum absolute atomic E-state index is 11.7. The molecule has 0 aliphatic rings. The highest BCUT2D eigenvalue weighted by molar-refractivity contribution is 5.77. The monoisotopic (exact) mass is 398 g/mol. The molecule has 0 saturated heterocycles. The Balaban J connectivity index is 3.33. The van der Waals surface area contributed by atoms with Crippen LogP contribution < -0.4 is 0 Å². The minimum Gasteiger partial charge on any atom is -0.466 e. The molecule has 0 heterocycles. The molecular formula is C24H46O4. The van der Waals surface area contributed by atoms with Crippen molar-refractivity contribution < 1.29 is 19.1 Å². The molecule has 4 nitrogen and oxygen atoms in total. The third-order valence-electron chi connectivity index (χ3n) is 5.30. The molecule has 1 unspecified atom stereocenters. The van der Waals surface area contributed by atoms with Gasteiger partial charge >= 0.3 is 11.9 Å². The molecule has 0 rings (SSSR count). The Bertz CT molecular complexity index is 379. The van der Waals surface area contributed by atoms with Gasteiger partial charge in [-0.2, -0.15) is 0 Å². The lowest BCUT2D eigenvalue weighted by molar-refractivity contribution is -0.154. The predicted molar refractivity (Wildman–Crippen MR) is 116 cm³/mol. The lowest BCUT2D eigenvalue weighted by Crippen LogP contribution is -2.20. The largest absolute Gasteiger partial charge is 0.466 e. The van der Waals surface area contributed by atoms with Gasteiger partial charge in [-0.25, -0.2) is 0 Å². The number of esters is 2. The molecule has 0 fully saturated rings. The second-order valence-corrected chi connectivity index (χ2v) is 8.40. The molecule has 0 amide bonds. The molecule has 0 aromatic carbocycles. The summed E-state index contributed by atoms with van der Waals surface area (Å²) in [7, 11) is 0. The maximum Gasteiger partial charge on any atom is 0.306 e. The fraction of sp³-hybridized carbons (Fsp3) is 0.917. The van der Waals surface area contributed by atoms with Crippen molar-refractivity contribution >= 4 is 11.9 Å². The fourth-order valence-electron chi connectivity index (χ4n) is 2.98. The molecule has 0 radical (unpaired) electrons. The number of hydrogen-bond donors (Lipinski definition) is 0.